The maximum atomic E-state index is 14.5. The number of carbonyl (C=O) groups is 1. The third-order valence-corrected chi connectivity index (χ3v) is 3.91. The molecule has 1 amide bonds. The second kappa shape index (κ2) is 6.46. The summed E-state index contributed by atoms with van der Waals surface area (Å²) in [6.45, 7) is -0.453. The van der Waals surface area contributed by atoms with E-state index in [-0.39, 0.29) is 30.2 Å². The van der Waals surface area contributed by atoms with Gasteiger partial charge in [0, 0.05) is 11.6 Å². The number of aromatic nitrogens is 2. The van der Waals surface area contributed by atoms with E-state index in [1.165, 1.54) is 0 Å². The Morgan fingerprint density at radius 1 is 1.35 bits per heavy atom. The Balaban J connectivity index is 2.20. The minimum atomic E-state index is -4.84. The van der Waals surface area contributed by atoms with Crippen molar-refractivity contribution in [2.24, 2.45) is 0 Å². The number of carbonyl (C=O) groups excluding carboxylic acids is 1. The van der Waals surface area contributed by atoms with Crippen LogP contribution in [-0.4, -0.2) is 29.0 Å². The Labute approximate surface area is 149 Å². The first kappa shape index (κ1) is 17.9. The molecule has 134 valence electrons. The SMILES string of the molecule is C#CCN1C(=O)COc2cc(F)c(-c3ncnc(C(F)(F)F)c3Cl)cc21. The molecule has 1 aromatic heterocycles. The number of amides is 1. The Morgan fingerprint density at radius 3 is 2.73 bits per heavy atom. The molecule has 1 aliphatic rings. The molecule has 0 saturated heterocycles. The first-order valence-corrected chi connectivity index (χ1v) is 7.40. The van der Waals surface area contributed by atoms with Gasteiger partial charge in [0.2, 0.25) is 0 Å². The normalized spacial score (nSPS) is 13.8. The van der Waals surface area contributed by atoms with Crippen molar-refractivity contribution >= 4 is 23.2 Å². The predicted octanol–water partition coefficient (Wildman–Crippen LogP) is 3.31. The second-order valence-corrected chi connectivity index (χ2v) is 5.53. The van der Waals surface area contributed by atoms with Gasteiger partial charge in [0.15, 0.2) is 12.3 Å². The molecule has 0 radical (unpaired) electrons. The third-order valence-electron chi connectivity index (χ3n) is 3.55. The fraction of sp³-hybridized carbons (Fsp3) is 0.188. The van der Waals surface area contributed by atoms with E-state index < -0.39 is 34.3 Å². The van der Waals surface area contributed by atoms with Crippen LogP contribution in [0.5, 0.6) is 5.75 Å². The van der Waals surface area contributed by atoms with Crippen molar-refractivity contribution in [3.63, 3.8) is 0 Å². The maximum absolute atomic E-state index is 14.5. The highest BCUT2D eigenvalue weighted by Gasteiger charge is 2.37. The Kier molecular flexibility index (Phi) is 4.46. The van der Waals surface area contributed by atoms with Gasteiger partial charge in [0.25, 0.3) is 5.91 Å². The molecular weight excluding hydrogens is 378 g/mol. The predicted molar refractivity (Wildman–Crippen MR) is 84.1 cm³/mol. The first-order chi connectivity index (χ1) is 12.2. The summed E-state index contributed by atoms with van der Waals surface area (Å²) in [4.78, 5) is 19.9. The van der Waals surface area contributed by atoms with Crippen LogP contribution in [0.1, 0.15) is 5.69 Å². The molecule has 0 aliphatic carbocycles. The van der Waals surface area contributed by atoms with Crippen molar-refractivity contribution in [1.82, 2.24) is 9.97 Å². The summed E-state index contributed by atoms with van der Waals surface area (Å²) in [5.74, 6) is 0.910. The molecule has 0 unspecified atom stereocenters. The lowest BCUT2D eigenvalue weighted by atomic mass is 10.1. The second-order valence-electron chi connectivity index (χ2n) is 5.16. The van der Waals surface area contributed by atoms with Crippen LogP contribution in [0.2, 0.25) is 5.02 Å². The van der Waals surface area contributed by atoms with Crippen molar-refractivity contribution in [2.75, 3.05) is 18.1 Å². The summed E-state index contributed by atoms with van der Waals surface area (Å²) in [5, 5.41) is -0.856. The van der Waals surface area contributed by atoms with Crippen molar-refractivity contribution in [1.29, 1.82) is 0 Å². The number of hydrogen-bond donors (Lipinski definition) is 0. The monoisotopic (exact) mass is 385 g/mol. The lowest BCUT2D eigenvalue weighted by molar-refractivity contribution is -0.141. The number of anilines is 1. The highest BCUT2D eigenvalue weighted by Crippen LogP contribution is 2.41. The fourth-order valence-electron chi connectivity index (χ4n) is 2.42. The average Bonchev–Trinajstić information content (AvgIpc) is 2.57. The van der Waals surface area contributed by atoms with Gasteiger partial charge >= 0.3 is 6.18 Å². The lowest BCUT2D eigenvalue weighted by Crippen LogP contribution is -2.39. The summed E-state index contributed by atoms with van der Waals surface area (Å²) >= 11 is 5.75. The van der Waals surface area contributed by atoms with Crippen LogP contribution in [0.25, 0.3) is 11.3 Å². The van der Waals surface area contributed by atoms with Crippen LogP contribution >= 0.6 is 11.6 Å². The summed E-state index contributed by atoms with van der Waals surface area (Å²) in [5.41, 5.74) is -2.09. The molecule has 0 fully saturated rings. The molecular formula is C16H8ClF4N3O2. The number of fused-ring (bicyclic) bond motifs is 1. The van der Waals surface area contributed by atoms with E-state index in [1.54, 1.807) is 0 Å². The Bertz CT molecular complexity index is 940. The summed E-state index contributed by atoms with van der Waals surface area (Å²) in [7, 11) is 0. The van der Waals surface area contributed by atoms with Crippen molar-refractivity contribution in [3.05, 3.63) is 35.0 Å². The minimum Gasteiger partial charge on any atom is -0.481 e. The van der Waals surface area contributed by atoms with E-state index in [4.69, 9.17) is 22.8 Å². The molecule has 2 heterocycles. The number of alkyl halides is 3. The number of rotatable bonds is 2. The molecule has 0 bridgehead atoms. The maximum Gasteiger partial charge on any atom is 0.434 e. The van der Waals surface area contributed by atoms with E-state index in [9.17, 15) is 22.4 Å². The van der Waals surface area contributed by atoms with Crippen molar-refractivity contribution in [3.8, 4) is 29.4 Å². The van der Waals surface area contributed by atoms with Gasteiger partial charge in [-0.3, -0.25) is 9.69 Å². The van der Waals surface area contributed by atoms with Crippen LogP contribution < -0.4 is 9.64 Å². The number of benzene rings is 1. The molecule has 10 heteroatoms. The Hall–Kier alpha value is -2.86. The number of hydrogen-bond acceptors (Lipinski definition) is 4. The van der Waals surface area contributed by atoms with E-state index in [2.05, 4.69) is 15.9 Å². The molecule has 0 atom stereocenters. The van der Waals surface area contributed by atoms with Gasteiger partial charge in [-0.1, -0.05) is 17.5 Å². The summed E-state index contributed by atoms with van der Waals surface area (Å²) in [6, 6.07) is 2.06. The lowest BCUT2D eigenvalue weighted by Gasteiger charge is -2.28. The summed E-state index contributed by atoms with van der Waals surface area (Å²) in [6.07, 6.45) is 1.01. The van der Waals surface area contributed by atoms with E-state index in [0.717, 1.165) is 17.0 Å². The van der Waals surface area contributed by atoms with Crippen LogP contribution in [-0.2, 0) is 11.0 Å². The van der Waals surface area contributed by atoms with Crippen LogP contribution in [0, 0.1) is 18.2 Å². The van der Waals surface area contributed by atoms with Crippen LogP contribution in [0.3, 0.4) is 0 Å². The highest BCUT2D eigenvalue weighted by atomic mass is 35.5. The molecule has 2 aromatic rings. The zero-order valence-electron chi connectivity index (χ0n) is 12.8. The molecule has 1 aromatic carbocycles. The molecule has 0 spiro atoms. The molecule has 5 nitrogen and oxygen atoms in total. The van der Waals surface area contributed by atoms with Gasteiger partial charge in [-0.15, -0.1) is 6.42 Å². The van der Waals surface area contributed by atoms with Gasteiger partial charge in [-0.2, -0.15) is 13.2 Å². The Morgan fingerprint density at radius 2 is 2.08 bits per heavy atom. The zero-order chi connectivity index (χ0) is 19.1. The molecule has 3 rings (SSSR count). The molecule has 26 heavy (non-hydrogen) atoms. The van der Waals surface area contributed by atoms with Gasteiger partial charge in [-0.05, 0) is 6.07 Å². The largest absolute Gasteiger partial charge is 0.481 e. The first-order valence-electron chi connectivity index (χ1n) is 7.02. The smallest absolute Gasteiger partial charge is 0.434 e. The highest BCUT2D eigenvalue weighted by molar-refractivity contribution is 6.33. The topological polar surface area (TPSA) is 55.3 Å². The van der Waals surface area contributed by atoms with Gasteiger partial charge in [-0.25, -0.2) is 14.4 Å². The third kappa shape index (κ3) is 3.04. The van der Waals surface area contributed by atoms with E-state index in [0.29, 0.717) is 6.33 Å². The number of halogens is 5. The number of ether oxygens (including phenoxy) is 1. The number of nitrogens with zero attached hydrogens (tertiary/aromatic N) is 3. The molecule has 0 saturated carbocycles. The summed E-state index contributed by atoms with van der Waals surface area (Å²) < 4.78 is 58.5. The van der Waals surface area contributed by atoms with Gasteiger partial charge < -0.3 is 4.74 Å². The fourth-order valence-corrected chi connectivity index (χ4v) is 2.73. The minimum absolute atomic E-state index is 0.0299. The van der Waals surface area contributed by atoms with Crippen molar-refractivity contribution < 1.29 is 27.1 Å². The van der Waals surface area contributed by atoms with Gasteiger partial charge in [0.05, 0.1) is 22.9 Å². The number of terminal acetylenes is 1. The van der Waals surface area contributed by atoms with E-state index >= 15 is 0 Å². The van der Waals surface area contributed by atoms with Gasteiger partial charge in [0.1, 0.15) is 17.9 Å². The van der Waals surface area contributed by atoms with Crippen LogP contribution in [0.4, 0.5) is 23.2 Å². The zero-order valence-corrected chi connectivity index (χ0v) is 13.5. The van der Waals surface area contributed by atoms with Crippen LogP contribution in [0.15, 0.2) is 18.5 Å². The molecule has 0 N–H and O–H groups in total. The van der Waals surface area contributed by atoms with Crippen molar-refractivity contribution in [2.45, 2.75) is 6.18 Å². The standard InChI is InChI=1S/C16H8ClF4N3O2/c1-2-3-24-10-4-8(9(18)5-11(10)26-6-12(24)25)14-13(17)15(16(19,20)21)23-7-22-14/h1,4-5,7H,3,6H2. The molecule has 1 aliphatic heterocycles. The van der Waals surface area contributed by atoms with E-state index in [1.807, 2.05) is 0 Å². The average molecular weight is 386 g/mol. The quantitative estimate of drug-likeness (QED) is 0.588.